The molecule has 0 unspecified atom stereocenters. The van der Waals surface area contributed by atoms with Crippen LogP contribution in [0.1, 0.15) is 45.6 Å². The van der Waals surface area contributed by atoms with Crippen molar-refractivity contribution in [3.63, 3.8) is 0 Å². The maximum Gasteiger partial charge on any atom is 0.416 e. The Bertz CT molecular complexity index is 1300. The van der Waals surface area contributed by atoms with E-state index in [1.165, 1.54) is 0 Å². The van der Waals surface area contributed by atoms with Gasteiger partial charge in [0, 0.05) is 12.3 Å². The predicted molar refractivity (Wildman–Crippen MR) is 114 cm³/mol. The molecular formula is C21H21F3N6O5. The normalized spacial score (nSPS) is 15.4. The largest absolute Gasteiger partial charge is 0.479 e. The molecule has 186 valence electrons. The smallest absolute Gasteiger partial charge is 0.416 e. The number of fused-ring (bicyclic) bond motifs is 1. The van der Waals surface area contributed by atoms with Crippen LogP contribution in [0.25, 0.3) is 11.0 Å². The molecule has 4 rings (SSSR count). The fraction of sp³-hybridized carbons (Fsp3) is 0.429. The number of carbonyl (C=O) groups excluding carboxylic acids is 1. The van der Waals surface area contributed by atoms with Crippen molar-refractivity contribution in [3.05, 3.63) is 30.2 Å². The van der Waals surface area contributed by atoms with Crippen LogP contribution >= 0.6 is 0 Å². The molecule has 0 bridgehead atoms. The van der Waals surface area contributed by atoms with E-state index in [9.17, 15) is 27.9 Å². The summed E-state index contributed by atoms with van der Waals surface area (Å²) in [5.74, 6) is -2.06. The predicted octanol–water partition coefficient (Wildman–Crippen LogP) is 4.34. The average molecular weight is 494 g/mol. The highest BCUT2D eigenvalue weighted by Crippen LogP contribution is 2.44. The first kappa shape index (κ1) is 24.2. The van der Waals surface area contributed by atoms with Crippen molar-refractivity contribution >= 4 is 28.9 Å². The first-order valence-corrected chi connectivity index (χ1v) is 10.5. The molecule has 1 fully saturated rings. The number of nitrogens with zero attached hydrogens (tertiary/aromatic N) is 5. The topological polar surface area (TPSA) is 141 Å². The summed E-state index contributed by atoms with van der Waals surface area (Å²) in [6, 6.07) is 1.45. The van der Waals surface area contributed by atoms with Crippen molar-refractivity contribution < 1.29 is 37.3 Å². The van der Waals surface area contributed by atoms with Crippen LogP contribution in [0.15, 0.2) is 24.7 Å². The van der Waals surface area contributed by atoms with Crippen LogP contribution < -0.4 is 10.1 Å². The fourth-order valence-corrected chi connectivity index (χ4v) is 3.56. The number of ether oxygens (including phenoxy) is 2. The van der Waals surface area contributed by atoms with E-state index in [1.807, 2.05) is 0 Å². The highest BCUT2D eigenvalue weighted by molar-refractivity contribution is 5.99. The zero-order valence-electron chi connectivity index (χ0n) is 18.9. The van der Waals surface area contributed by atoms with Crippen LogP contribution in [-0.2, 0) is 21.2 Å². The summed E-state index contributed by atoms with van der Waals surface area (Å²) in [5, 5.41) is 16.5. The van der Waals surface area contributed by atoms with Gasteiger partial charge in [0.25, 0.3) is 5.88 Å². The number of nitrogens with one attached hydrogen (secondary N) is 1. The highest BCUT2D eigenvalue weighted by Gasteiger charge is 2.49. The lowest BCUT2D eigenvalue weighted by molar-refractivity contribution is -0.153. The van der Waals surface area contributed by atoms with Gasteiger partial charge < -0.3 is 14.6 Å². The van der Waals surface area contributed by atoms with Crippen LogP contribution in [0, 0.1) is 0 Å². The SMILES string of the molecule is CC(C)(C)OC(=O)Nc1ncnc2c1c(Oc1cc(C(F)(F)F)ccn1)nn2C1(C(=O)O)CCC1. The number of anilines is 1. The maximum absolute atomic E-state index is 13.2. The summed E-state index contributed by atoms with van der Waals surface area (Å²) in [4.78, 5) is 36.4. The van der Waals surface area contributed by atoms with Crippen LogP contribution in [0.4, 0.5) is 23.8 Å². The molecule has 0 atom stereocenters. The molecule has 2 N–H and O–H groups in total. The van der Waals surface area contributed by atoms with Gasteiger partial charge in [0.2, 0.25) is 5.88 Å². The minimum absolute atomic E-state index is 0.00938. The third-order valence-electron chi connectivity index (χ3n) is 5.30. The minimum Gasteiger partial charge on any atom is -0.479 e. The fourth-order valence-electron chi connectivity index (χ4n) is 3.56. The summed E-state index contributed by atoms with van der Waals surface area (Å²) in [6.07, 6.45) is -2.39. The van der Waals surface area contributed by atoms with Crippen LogP contribution in [0.3, 0.4) is 0 Å². The Labute approximate surface area is 196 Å². The first-order valence-electron chi connectivity index (χ1n) is 10.5. The van der Waals surface area contributed by atoms with E-state index in [2.05, 4.69) is 25.4 Å². The molecule has 3 aromatic rings. The van der Waals surface area contributed by atoms with Crippen LogP contribution in [0.5, 0.6) is 11.8 Å². The lowest BCUT2D eigenvalue weighted by atomic mass is 9.77. The molecule has 1 aliphatic carbocycles. The van der Waals surface area contributed by atoms with Gasteiger partial charge in [-0.2, -0.15) is 13.2 Å². The molecule has 0 aliphatic heterocycles. The summed E-state index contributed by atoms with van der Waals surface area (Å²) >= 11 is 0. The zero-order chi connectivity index (χ0) is 25.6. The summed E-state index contributed by atoms with van der Waals surface area (Å²) in [5.41, 5.74) is -3.26. The van der Waals surface area contributed by atoms with E-state index in [0.717, 1.165) is 23.3 Å². The lowest BCUT2D eigenvalue weighted by Crippen LogP contribution is -2.48. The van der Waals surface area contributed by atoms with Crippen molar-refractivity contribution in [3.8, 4) is 11.8 Å². The van der Waals surface area contributed by atoms with Crippen molar-refractivity contribution in [1.29, 1.82) is 0 Å². The Kier molecular flexibility index (Phi) is 5.77. The number of pyridine rings is 1. The van der Waals surface area contributed by atoms with E-state index in [0.29, 0.717) is 12.5 Å². The average Bonchev–Trinajstić information content (AvgIpc) is 3.04. The Morgan fingerprint density at radius 1 is 1.17 bits per heavy atom. The molecule has 14 heteroatoms. The summed E-state index contributed by atoms with van der Waals surface area (Å²) in [6.45, 7) is 4.96. The molecule has 1 saturated carbocycles. The van der Waals surface area contributed by atoms with Gasteiger partial charge in [-0.15, -0.1) is 5.10 Å². The van der Waals surface area contributed by atoms with Crippen molar-refractivity contribution in [2.24, 2.45) is 0 Å². The number of alkyl halides is 3. The van der Waals surface area contributed by atoms with E-state index < -0.39 is 40.8 Å². The zero-order valence-corrected chi connectivity index (χ0v) is 18.9. The van der Waals surface area contributed by atoms with Crippen molar-refractivity contribution in [1.82, 2.24) is 24.7 Å². The standard InChI is InChI=1S/C21H21F3N6O5/c1-19(2,3)35-18(33)28-14-13-15(27-10-26-14)30(20(17(31)32)6-4-7-20)29-16(13)34-12-9-11(5-8-25-12)21(22,23)24/h5,8-10H,4,6-7H2,1-3H3,(H,31,32)(H,26,27,28,33). The van der Waals surface area contributed by atoms with Gasteiger partial charge in [0.05, 0.1) is 5.56 Å². The number of hydrogen-bond acceptors (Lipinski definition) is 8. The number of rotatable bonds is 5. The summed E-state index contributed by atoms with van der Waals surface area (Å²) < 4.78 is 51.4. The first-order chi connectivity index (χ1) is 16.3. The van der Waals surface area contributed by atoms with Gasteiger partial charge in [-0.25, -0.2) is 29.2 Å². The number of carboxylic acids is 1. The molecule has 35 heavy (non-hydrogen) atoms. The van der Waals surface area contributed by atoms with Gasteiger partial charge in [-0.3, -0.25) is 5.32 Å². The second kappa shape index (κ2) is 8.36. The van der Waals surface area contributed by atoms with Gasteiger partial charge >= 0.3 is 18.2 Å². The molecule has 0 spiro atoms. The Morgan fingerprint density at radius 3 is 2.46 bits per heavy atom. The van der Waals surface area contributed by atoms with Gasteiger partial charge in [-0.1, -0.05) is 0 Å². The monoisotopic (exact) mass is 494 g/mol. The minimum atomic E-state index is -4.64. The lowest BCUT2D eigenvalue weighted by Gasteiger charge is -2.37. The Hall–Kier alpha value is -3.97. The van der Waals surface area contributed by atoms with Gasteiger partial charge in [-0.05, 0) is 46.1 Å². The van der Waals surface area contributed by atoms with Crippen LogP contribution in [0.2, 0.25) is 0 Å². The van der Waals surface area contributed by atoms with E-state index in [-0.39, 0.29) is 35.6 Å². The summed E-state index contributed by atoms with van der Waals surface area (Å²) in [7, 11) is 0. The van der Waals surface area contributed by atoms with Crippen LogP contribution in [-0.4, -0.2) is 47.5 Å². The highest BCUT2D eigenvalue weighted by atomic mass is 19.4. The third-order valence-corrected chi connectivity index (χ3v) is 5.30. The number of carboxylic acid groups (broad SMARTS) is 1. The molecule has 1 amide bonds. The molecule has 11 nitrogen and oxygen atoms in total. The molecule has 0 saturated heterocycles. The molecule has 3 heterocycles. The number of halogens is 3. The van der Waals surface area contributed by atoms with Gasteiger partial charge in [0.1, 0.15) is 17.3 Å². The molecule has 0 aromatic carbocycles. The number of amides is 1. The third kappa shape index (κ3) is 4.68. The number of carbonyl (C=O) groups is 2. The number of aliphatic carboxylic acids is 1. The Morgan fingerprint density at radius 2 is 1.89 bits per heavy atom. The second-order valence-corrected chi connectivity index (χ2v) is 8.94. The van der Waals surface area contributed by atoms with E-state index >= 15 is 0 Å². The Balaban J connectivity index is 1.84. The molecule has 1 aliphatic rings. The molecule has 0 radical (unpaired) electrons. The maximum atomic E-state index is 13.2. The molecule has 3 aromatic heterocycles. The molecular weight excluding hydrogens is 473 g/mol. The quantitative estimate of drug-likeness (QED) is 0.530. The second-order valence-electron chi connectivity index (χ2n) is 8.94. The number of aromatic nitrogens is 5. The van der Waals surface area contributed by atoms with E-state index in [4.69, 9.17) is 9.47 Å². The van der Waals surface area contributed by atoms with Gasteiger partial charge in [0.15, 0.2) is 17.0 Å². The van der Waals surface area contributed by atoms with Crippen molar-refractivity contribution in [2.45, 2.75) is 57.3 Å². The van der Waals surface area contributed by atoms with E-state index in [1.54, 1.807) is 20.8 Å². The van der Waals surface area contributed by atoms with Crippen molar-refractivity contribution in [2.75, 3.05) is 5.32 Å². The number of hydrogen-bond donors (Lipinski definition) is 2.